The number of benzene rings is 1. The fraction of sp³-hybridized carbons (Fsp3) is 0.235. The molecule has 0 aliphatic carbocycles. The number of rotatable bonds is 2. The van der Waals surface area contributed by atoms with Crippen molar-refractivity contribution in [2.75, 3.05) is 0 Å². The zero-order valence-corrected chi connectivity index (χ0v) is 12.5. The van der Waals surface area contributed by atoms with E-state index in [9.17, 15) is 4.79 Å². The van der Waals surface area contributed by atoms with Crippen molar-refractivity contribution in [3.63, 3.8) is 0 Å². The number of fused-ring (bicyclic) bond motifs is 1. The van der Waals surface area contributed by atoms with Crippen LogP contribution in [0.1, 0.15) is 35.3 Å². The number of carbonyl (C=O) groups excluding carboxylic acids is 1. The third-order valence-electron chi connectivity index (χ3n) is 3.49. The van der Waals surface area contributed by atoms with Crippen molar-refractivity contribution in [1.82, 2.24) is 5.32 Å². The Morgan fingerprint density at radius 1 is 1.30 bits per heavy atom. The van der Waals surface area contributed by atoms with Gasteiger partial charge in [-0.1, -0.05) is 24.3 Å². The lowest BCUT2D eigenvalue weighted by Gasteiger charge is -2.35. The Morgan fingerprint density at radius 2 is 2.10 bits per heavy atom. The smallest absolute Gasteiger partial charge is 0.188 e. The fourth-order valence-electron chi connectivity index (χ4n) is 2.62. The molecule has 0 unspecified atom stereocenters. The molecule has 1 N–H and O–H groups in total. The van der Waals surface area contributed by atoms with Crippen LogP contribution in [0.15, 0.2) is 47.2 Å². The van der Waals surface area contributed by atoms with Gasteiger partial charge in [0.15, 0.2) is 5.78 Å². The first-order chi connectivity index (χ1) is 9.55. The monoisotopic (exact) mass is 283 g/mol. The molecule has 0 bridgehead atoms. The zero-order chi connectivity index (χ0) is 14.2. The lowest BCUT2D eigenvalue weighted by atomic mass is 9.85. The van der Waals surface area contributed by atoms with Crippen LogP contribution in [0, 0.1) is 0 Å². The molecule has 102 valence electrons. The van der Waals surface area contributed by atoms with Crippen LogP contribution in [-0.4, -0.2) is 11.3 Å². The number of hydrogen-bond donors (Lipinski definition) is 1. The van der Waals surface area contributed by atoms with Gasteiger partial charge in [0.2, 0.25) is 0 Å². The van der Waals surface area contributed by atoms with Gasteiger partial charge in [-0.3, -0.25) is 4.79 Å². The highest BCUT2D eigenvalue weighted by atomic mass is 32.1. The summed E-state index contributed by atoms with van der Waals surface area (Å²) >= 11 is 1.54. The number of nitrogens with one attached hydrogen (secondary N) is 1. The molecular weight excluding hydrogens is 266 g/mol. The summed E-state index contributed by atoms with van der Waals surface area (Å²) < 4.78 is 0. The van der Waals surface area contributed by atoms with E-state index in [2.05, 4.69) is 37.4 Å². The van der Waals surface area contributed by atoms with Gasteiger partial charge in [-0.2, -0.15) is 11.3 Å². The van der Waals surface area contributed by atoms with Crippen LogP contribution in [0.2, 0.25) is 0 Å². The molecule has 0 amide bonds. The second-order valence-corrected chi connectivity index (χ2v) is 6.56. The summed E-state index contributed by atoms with van der Waals surface area (Å²) in [5.41, 5.74) is 4.07. The molecule has 3 heteroatoms. The van der Waals surface area contributed by atoms with Crippen LogP contribution in [-0.2, 0) is 6.42 Å². The molecule has 0 saturated heterocycles. The minimum atomic E-state index is -0.0326. The van der Waals surface area contributed by atoms with Crippen LogP contribution >= 0.6 is 11.3 Å². The van der Waals surface area contributed by atoms with E-state index in [-0.39, 0.29) is 11.3 Å². The average molecular weight is 283 g/mol. The normalized spacial score (nSPS) is 18.4. The molecule has 1 aliphatic rings. The van der Waals surface area contributed by atoms with Gasteiger partial charge >= 0.3 is 0 Å². The fourth-order valence-corrected chi connectivity index (χ4v) is 3.27. The standard InChI is InChI=1S/C17H17NOS/c1-17(2)10-12-5-3-4-6-14(12)15(18-17)9-16(19)13-7-8-20-11-13/h3-9,11,18H,10H2,1-2H3/b15-9-. The predicted molar refractivity (Wildman–Crippen MR) is 84.0 cm³/mol. The van der Waals surface area contributed by atoms with E-state index in [1.54, 1.807) is 17.4 Å². The van der Waals surface area contributed by atoms with Crippen molar-refractivity contribution in [2.24, 2.45) is 0 Å². The summed E-state index contributed by atoms with van der Waals surface area (Å²) in [5, 5.41) is 7.30. The first-order valence-electron chi connectivity index (χ1n) is 6.70. The third kappa shape index (κ3) is 2.54. The van der Waals surface area contributed by atoms with Crippen LogP contribution in [0.4, 0.5) is 0 Å². The third-order valence-corrected chi connectivity index (χ3v) is 4.18. The van der Waals surface area contributed by atoms with Gasteiger partial charge < -0.3 is 5.32 Å². The molecule has 2 heterocycles. The molecule has 1 aromatic carbocycles. The molecule has 0 saturated carbocycles. The quantitative estimate of drug-likeness (QED) is 0.669. The number of carbonyl (C=O) groups is 1. The molecule has 0 atom stereocenters. The lowest BCUT2D eigenvalue weighted by Crippen LogP contribution is -2.43. The molecule has 3 rings (SSSR count). The van der Waals surface area contributed by atoms with Crippen LogP contribution in [0.3, 0.4) is 0 Å². The van der Waals surface area contributed by atoms with E-state index >= 15 is 0 Å². The molecule has 0 fully saturated rings. The summed E-state index contributed by atoms with van der Waals surface area (Å²) in [6.45, 7) is 4.32. The lowest BCUT2D eigenvalue weighted by molar-refractivity contribution is 0.104. The highest BCUT2D eigenvalue weighted by Gasteiger charge is 2.27. The number of thiophene rings is 1. The molecule has 1 aromatic heterocycles. The van der Waals surface area contributed by atoms with Gasteiger partial charge in [-0.15, -0.1) is 0 Å². The summed E-state index contributed by atoms with van der Waals surface area (Å²) in [6, 6.07) is 10.1. The van der Waals surface area contributed by atoms with E-state index in [1.165, 1.54) is 5.56 Å². The van der Waals surface area contributed by atoms with Gasteiger partial charge in [0.25, 0.3) is 0 Å². The van der Waals surface area contributed by atoms with Crippen molar-refractivity contribution in [3.8, 4) is 0 Å². The summed E-state index contributed by atoms with van der Waals surface area (Å²) in [4.78, 5) is 12.3. The van der Waals surface area contributed by atoms with E-state index in [0.717, 1.165) is 23.2 Å². The van der Waals surface area contributed by atoms with E-state index in [0.29, 0.717) is 0 Å². The molecular formula is C17H17NOS. The molecule has 2 aromatic rings. The van der Waals surface area contributed by atoms with Gasteiger partial charge in [0, 0.05) is 33.8 Å². The molecule has 1 aliphatic heterocycles. The Labute approximate surface area is 123 Å². The first-order valence-corrected chi connectivity index (χ1v) is 7.64. The SMILES string of the molecule is CC1(C)Cc2ccccc2/C(=C/C(=O)c2ccsc2)N1. The summed E-state index contributed by atoms with van der Waals surface area (Å²) in [5.74, 6) is 0.0567. The Balaban J connectivity index is 2.02. The maximum Gasteiger partial charge on any atom is 0.188 e. The van der Waals surface area contributed by atoms with Gasteiger partial charge in [-0.25, -0.2) is 0 Å². The first kappa shape index (κ1) is 13.1. The Bertz CT molecular complexity index is 668. The zero-order valence-electron chi connectivity index (χ0n) is 11.6. The maximum atomic E-state index is 12.3. The Hall–Kier alpha value is -1.87. The van der Waals surface area contributed by atoms with Crippen LogP contribution < -0.4 is 5.32 Å². The van der Waals surface area contributed by atoms with Crippen molar-refractivity contribution in [3.05, 3.63) is 63.9 Å². The molecule has 0 radical (unpaired) electrons. The van der Waals surface area contributed by atoms with Crippen molar-refractivity contribution >= 4 is 22.8 Å². The average Bonchev–Trinajstić information content (AvgIpc) is 2.91. The molecule has 2 nitrogen and oxygen atoms in total. The minimum absolute atomic E-state index is 0.0326. The Morgan fingerprint density at radius 3 is 2.85 bits per heavy atom. The Kier molecular flexibility index (Phi) is 3.22. The van der Waals surface area contributed by atoms with E-state index in [4.69, 9.17) is 0 Å². The highest BCUT2D eigenvalue weighted by Crippen LogP contribution is 2.29. The molecule has 0 spiro atoms. The van der Waals surface area contributed by atoms with Gasteiger partial charge in [0.05, 0.1) is 0 Å². The minimum Gasteiger partial charge on any atom is -0.379 e. The van der Waals surface area contributed by atoms with E-state index < -0.39 is 0 Å². The molecule has 20 heavy (non-hydrogen) atoms. The topological polar surface area (TPSA) is 29.1 Å². The van der Waals surface area contributed by atoms with Crippen molar-refractivity contribution in [1.29, 1.82) is 0 Å². The number of hydrogen-bond acceptors (Lipinski definition) is 3. The van der Waals surface area contributed by atoms with Crippen LogP contribution in [0.25, 0.3) is 5.70 Å². The van der Waals surface area contributed by atoms with Crippen LogP contribution in [0.5, 0.6) is 0 Å². The van der Waals surface area contributed by atoms with Gasteiger partial charge in [-0.05, 0) is 37.3 Å². The van der Waals surface area contributed by atoms with Crippen molar-refractivity contribution < 1.29 is 4.79 Å². The highest BCUT2D eigenvalue weighted by molar-refractivity contribution is 7.08. The summed E-state index contributed by atoms with van der Waals surface area (Å²) in [7, 11) is 0. The second-order valence-electron chi connectivity index (χ2n) is 5.78. The number of allylic oxidation sites excluding steroid dienone is 1. The van der Waals surface area contributed by atoms with Gasteiger partial charge in [0.1, 0.15) is 0 Å². The van der Waals surface area contributed by atoms with E-state index in [1.807, 2.05) is 22.9 Å². The summed E-state index contributed by atoms with van der Waals surface area (Å²) in [6.07, 6.45) is 2.69. The van der Waals surface area contributed by atoms with Crippen molar-refractivity contribution in [2.45, 2.75) is 25.8 Å². The maximum absolute atomic E-state index is 12.3. The largest absolute Gasteiger partial charge is 0.379 e. The second kappa shape index (κ2) is 4.91. The number of ketones is 1. The predicted octanol–water partition coefficient (Wildman–Crippen LogP) is 3.90.